The Kier molecular flexibility index (Phi) is 6.75. The molecule has 0 radical (unpaired) electrons. The van der Waals surface area contributed by atoms with Crippen molar-refractivity contribution >= 4 is 29.9 Å². The fourth-order valence-corrected chi connectivity index (χ4v) is 2.58. The molecule has 1 heterocycles. The average Bonchev–Trinajstić information content (AvgIpc) is 2.41. The molecule has 4 nitrogen and oxygen atoms in total. The fraction of sp³-hybridized carbons (Fsp3) is 0.533. The Bertz CT molecular complexity index is 464. The Morgan fingerprint density at radius 1 is 1.45 bits per heavy atom. The minimum absolute atomic E-state index is 0. The highest BCUT2D eigenvalue weighted by Crippen LogP contribution is 2.33. The molecule has 20 heavy (non-hydrogen) atoms. The Hall–Kier alpha value is -0.820. The van der Waals surface area contributed by atoms with E-state index in [4.69, 9.17) is 9.47 Å². The van der Waals surface area contributed by atoms with Gasteiger partial charge in [-0.1, -0.05) is 6.07 Å². The molecule has 0 N–H and O–H groups in total. The van der Waals surface area contributed by atoms with Gasteiger partial charge in [-0.15, -0.1) is 24.0 Å². The van der Waals surface area contributed by atoms with Crippen LogP contribution < -0.4 is 4.74 Å². The zero-order valence-electron chi connectivity index (χ0n) is 12.2. The number of hydrogen-bond acceptors (Lipinski definition) is 4. The van der Waals surface area contributed by atoms with E-state index in [1.807, 2.05) is 13.0 Å². The first-order valence-electron chi connectivity index (χ1n) is 6.68. The second kappa shape index (κ2) is 7.83. The second-order valence-corrected chi connectivity index (χ2v) is 4.82. The number of fused-ring (bicyclic) bond motifs is 1. The zero-order chi connectivity index (χ0) is 13.8. The topological polar surface area (TPSA) is 38.8 Å². The summed E-state index contributed by atoms with van der Waals surface area (Å²) in [5.74, 6) is 0.737. The van der Waals surface area contributed by atoms with Crippen LogP contribution in [-0.4, -0.2) is 38.2 Å². The molecule has 1 aromatic carbocycles. The number of esters is 1. The van der Waals surface area contributed by atoms with Crippen LogP contribution in [-0.2, 0) is 16.0 Å². The molecule has 0 aliphatic carbocycles. The summed E-state index contributed by atoms with van der Waals surface area (Å²) in [6, 6.07) is 6.19. The third-order valence-electron chi connectivity index (χ3n) is 3.64. The molecular weight excluding hydrogens is 369 g/mol. The number of rotatable bonds is 4. The normalized spacial score (nSPS) is 17.9. The molecule has 1 unspecified atom stereocenters. The van der Waals surface area contributed by atoms with E-state index in [9.17, 15) is 4.79 Å². The molecule has 0 fully saturated rings. The van der Waals surface area contributed by atoms with Crippen molar-refractivity contribution in [2.45, 2.75) is 25.8 Å². The van der Waals surface area contributed by atoms with Gasteiger partial charge in [-0.3, -0.25) is 9.69 Å². The van der Waals surface area contributed by atoms with Gasteiger partial charge in [0.1, 0.15) is 5.75 Å². The Balaban J connectivity index is 0.00000200. The van der Waals surface area contributed by atoms with Gasteiger partial charge in [-0.2, -0.15) is 0 Å². The highest BCUT2D eigenvalue weighted by molar-refractivity contribution is 14.0. The molecule has 1 aromatic rings. The van der Waals surface area contributed by atoms with Gasteiger partial charge in [-0.05, 0) is 43.7 Å². The summed E-state index contributed by atoms with van der Waals surface area (Å²) in [6.45, 7) is 3.22. The predicted molar refractivity (Wildman–Crippen MR) is 88.7 cm³/mol. The molecular formula is C15H22INO3. The SMILES string of the molecule is CCOC(=O)CC1c2ccc(OC)cc2CCN1C.I. The predicted octanol–water partition coefficient (Wildman–Crippen LogP) is 2.80. The molecule has 2 rings (SSSR count). The van der Waals surface area contributed by atoms with Crippen LogP contribution in [0.25, 0.3) is 0 Å². The summed E-state index contributed by atoms with van der Waals surface area (Å²) in [6.07, 6.45) is 1.39. The van der Waals surface area contributed by atoms with Crippen molar-refractivity contribution in [3.05, 3.63) is 29.3 Å². The van der Waals surface area contributed by atoms with E-state index in [-0.39, 0.29) is 36.0 Å². The fourth-order valence-electron chi connectivity index (χ4n) is 2.58. The number of ether oxygens (including phenoxy) is 2. The number of halogens is 1. The first-order valence-corrected chi connectivity index (χ1v) is 6.68. The number of carbonyl (C=O) groups excluding carboxylic acids is 1. The van der Waals surface area contributed by atoms with Crippen LogP contribution in [0.4, 0.5) is 0 Å². The quantitative estimate of drug-likeness (QED) is 0.585. The molecule has 0 amide bonds. The third-order valence-corrected chi connectivity index (χ3v) is 3.64. The number of likely N-dealkylation sites (N-methyl/N-ethyl adjacent to an activating group) is 1. The Morgan fingerprint density at radius 3 is 2.85 bits per heavy atom. The molecule has 0 saturated carbocycles. The molecule has 0 aromatic heterocycles. The van der Waals surface area contributed by atoms with Gasteiger partial charge < -0.3 is 9.47 Å². The Labute approximate surface area is 137 Å². The number of nitrogens with zero attached hydrogens (tertiary/aromatic N) is 1. The summed E-state index contributed by atoms with van der Waals surface area (Å²) in [7, 11) is 3.73. The van der Waals surface area contributed by atoms with Gasteiger partial charge in [0.05, 0.1) is 20.1 Å². The van der Waals surface area contributed by atoms with Crippen LogP contribution in [0, 0.1) is 0 Å². The van der Waals surface area contributed by atoms with Crippen molar-refractivity contribution in [2.24, 2.45) is 0 Å². The highest BCUT2D eigenvalue weighted by Gasteiger charge is 2.27. The molecule has 0 spiro atoms. The van der Waals surface area contributed by atoms with E-state index in [1.54, 1.807) is 7.11 Å². The summed E-state index contributed by atoms with van der Waals surface area (Å²) in [4.78, 5) is 13.9. The number of methoxy groups -OCH3 is 1. The van der Waals surface area contributed by atoms with Gasteiger partial charge in [0, 0.05) is 12.6 Å². The molecule has 0 bridgehead atoms. The third kappa shape index (κ3) is 3.85. The van der Waals surface area contributed by atoms with Crippen molar-refractivity contribution in [3.8, 4) is 5.75 Å². The maximum Gasteiger partial charge on any atom is 0.307 e. The van der Waals surface area contributed by atoms with Crippen molar-refractivity contribution in [1.82, 2.24) is 4.90 Å². The van der Waals surface area contributed by atoms with Gasteiger partial charge >= 0.3 is 5.97 Å². The van der Waals surface area contributed by atoms with Gasteiger partial charge in [0.15, 0.2) is 0 Å². The van der Waals surface area contributed by atoms with E-state index in [2.05, 4.69) is 24.1 Å². The average molecular weight is 391 g/mol. The molecule has 1 aliphatic rings. The lowest BCUT2D eigenvalue weighted by Crippen LogP contribution is -2.33. The first-order chi connectivity index (χ1) is 9.15. The van der Waals surface area contributed by atoms with Crippen molar-refractivity contribution < 1.29 is 14.3 Å². The number of hydrogen-bond donors (Lipinski definition) is 0. The molecule has 0 saturated heterocycles. The second-order valence-electron chi connectivity index (χ2n) is 4.82. The maximum absolute atomic E-state index is 11.7. The summed E-state index contributed by atoms with van der Waals surface area (Å²) in [5, 5.41) is 0. The van der Waals surface area contributed by atoms with E-state index < -0.39 is 0 Å². The number of benzene rings is 1. The van der Waals surface area contributed by atoms with Crippen LogP contribution in [0.2, 0.25) is 0 Å². The van der Waals surface area contributed by atoms with E-state index in [0.29, 0.717) is 13.0 Å². The monoisotopic (exact) mass is 391 g/mol. The number of carbonyl (C=O) groups is 1. The van der Waals surface area contributed by atoms with Gasteiger partial charge in [-0.25, -0.2) is 0 Å². The van der Waals surface area contributed by atoms with E-state index in [1.165, 1.54) is 11.1 Å². The van der Waals surface area contributed by atoms with Crippen LogP contribution >= 0.6 is 24.0 Å². The van der Waals surface area contributed by atoms with Crippen molar-refractivity contribution in [1.29, 1.82) is 0 Å². The minimum Gasteiger partial charge on any atom is -0.497 e. The smallest absolute Gasteiger partial charge is 0.307 e. The minimum atomic E-state index is -0.136. The van der Waals surface area contributed by atoms with E-state index >= 15 is 0 Å². The van der Waals surface area contributed by atoms with Crippen LogP contribution in [0.3, 0.4) is 0 Å². The standard InChI is InChI=1S/C15H21NO3.HI/c1-4-19-15(17)10-14-13-6-5-12(18-3)9-11(13)7-8-16(14)2;/h5-6,9,14H,4,7-8,10H2,1-3H3;1H. The lowest BCUT2D eigenvalue weighted by Gasteiger charge is -2.34. The summed E-state index contributed by atoms with van der Waals surface area (Å²) < 4.78 is 10.3. The summed E-state index contributed by atoms with van der Waals surface area (Å²) >= 11 is 0. The van der Waals surface area contributed by atoms with Gasteiger partial charge in [0.2, 0.25) is 0 Å². The first kappa shape index (κ1) is 17.2. The Morgan fingerprint density at radius 2 is 2.20 bits per heavy atom. The van der Waals surface area contributed by atoms with Crippen LogP contribution in [0.15, 0.2) is 18.2 Å². The lowest BCUT2D eigenvalue weighted by atomic mass is 9.91. The van der Waals surface area contributed by atoms with Crippen LogP contribution in [0.1, 0.15) is 30.5 Å². The largest absolute Gasteiger partial charge is 0.497 e. The molecule has 1 atom stereocenters. The van der Waals surface area contributed by atoms with Gasteiger partial charge in [0.25, 0.3) is 0 Å². The maximum atomic E-state index is 11.7. The van der Waals surface area contributed by atoms with Crippen molar-refractivity contribution in [3.63, 3.8) is 0 Å². The highest BCUT2D eigenvalue weighted by atomic mass is 127. The van der Waals surface area contributed by atoms with Crippen LogP contribution in [0.5, 0.6) is 5.75 Å². The summed E-state index contributed by atoms with van der Waals surface area (Å²) in [5.41, 5.74) is 2.48. The molecule has 5 heteroatoms. The molecule has 112 valence electrons. The zero-order valence-corrected chi connectivity index (χ0v) is 14.5. The molecule has 1 aliphatic heterocycles. The lowest BCUT2D eigenvalue weighted by molar-refractivity contribution is -0.144. The van der Waals surface area contributed by atoms with E-state index in [0.717, 1.165) is 18.7 Å². The van der Waals surface area contributed by atoms with Crippen molar-refractivity contribution in [2.75, 3.05) is 27.3 Å².